The van der Waals surface area contributed by atoms with Gasteiger partial charge in [0.2, 0.25) is 5.91 Å². The van der Waals surface area contributed by atoms with Crippen molar-refractivity contribution < 1.29 is 4.79 Å². The van der Waals surface area contributed by atoms with E-state index in [-0.39, 0.29) is 5.91 Å². The second-order valence-corrected chi connectivity index (χ2v) is 8.30. The molecule has 2 aromatic rings. The molecule has 1 aliphatic rings. The van der Waals surface area contributed by atoms with E-state index in [2.05, 4.69) is 58.9 Å². The Hall–Kier alpha value is -1.91. The first-order chi connectivity index (χ1) is 13.0. The molecule has 1 fully saturated rings. The molecule has 142 valence electrons. The fourth-order valence-corrected chi connectivity index (χ4v) is 3.50. The third kappa shape index (κ3) is 5.78. The van der Waals surface area contributed by atoms with Crippen LogP contribution in [0.1, 0.15) is 36.5 Å². The van der Waals surface area contributed by atoms with Crippen LogP contribution in [0.4, 0.5) is 0 Å². The Kier molecular flexibility index (Phi) is 6.86. The molecular weight excluding hydrogens is 400 g/mol. The molecule has 0 radical (unpaired) electrons. The Morgan fingerprint density at radius 1 is 1.00 bits per heavy atom. The van der Waals surface area contributed by atoms with Gasteiger partial charge < -0.3 is 4.90 Å². The molecule has 0 aliphatic carbocycles. The molecule has 0 N–H and O–H groups in total. The first-order valence-corrected chi connectivity index (χ1v) is 10.3. The highest BCUT2D eigenvalue weighted by Crippen LogP contribution is 2.16. The normalized spacial score (nSPS) is 15.6. The predicted octanol–water partition coefficient (Wildman–Crippen LogP) is 4.93. The Balaban J connectivity index is 1.48. The number of benzene rings is 2. The molecular formula is C23H27BrN2O. The van der Waals surface area contributed by atoms with Gasteiger partial charge in [0.25, 0.3) is 0 Å². The van der Waals surface area contributed by atoms with Gasteiger partial charge in [-0.05, 0) is 40.8 Å². The summed E-state index contributed by atoms with van der Waals surface area (Å²) in [6.07, 6.45) is 3.57. The van der Waals surface area contributed by atoms with Crippen molar-refractivity contribution in [2.24, 2.45) is 0 Å². The molecule has 0 unspecified atom stereocenters. The highest BCUT2D eigenvalue weighted by molar-refractivity contribution is 9.10. The van der Waals surface area contributed by atoms with Gasteiger partial charge in [-0.2, -0.15) is 0 Å². The summed E-state index contributed by atoms with van der Waals surface area (Å²) in [5.41, 5.74) is 3.76. The standard InChI is InChI=1S/C23H27BrN2O/c1-18(2)21-8-3-20(4-9-21)17-25-13-15-26(16-14-25)23(27)12-7-19-5-10-22(24)11-6-19/h3-12,18H,13-17H2,1-2H3. The van der Waals surface area contributed by atoms with Crippen LogP contribution < -0.4 is 0 Å². The zero-order chi connectivity index (χ0) is 19.2. The quantitative estimate of drug-likeness (QED) is 0.632. The summed E-state index contributed by atoms with van der Waals surface area (Å²) in [7, 11) is 0. The number of carbonyl (C=O) groups excluding carboxylic acids is 1. The molecule has 0 saturated carbocycles. The lowest BCUT2D eigenvalue weighted by Gasteiger charge is -2.34. The average Bonchev–Trinajstić information content (AvgIpc) is 2.68. The van der Waals surface area contributed by atoms with Crippen molar-refractivity contribution in [3.63, 3.8) is 0 Å². The predicted molar refractivity (Wildman–Crippen MR) is 116 cm³/mol. The molecule has 27 heavy (non-hydrogen) atoms. The molecule has 1 amide bonds. The zero-order valence-corrected chi connectivity index (χ0v) is 17.7. The van der Waals surface area contributed by atoms with E-state index in [4.69, 9.17) is 0 Å². The first-order valence-electron chi connectivity index (χ1n) is 9.55. The van der Waals surface area contributed by atoms with Crippen LogP contribution in [0.2, 0.25) is 0 Å². The topological polar surface area (TPSA) is 23.6 Å². The Bertz CT molecular complexity index is 773. The van der Waals surface area contributed by atoms with Crippen molar-refractivity contribution in [2.45, 2.75) is 26.3 Å². The van der Waals surface area contributed by atoms with E-state index in [1.54, 1.807) is 6.08 Å². The third-order valence-electron chi connectivity index (χ3n) is 5.02. The van der Waals surface area contributed by atoms with Gasteiger partial charge in [-0.1, -0.05) is 66.2 Å². The molecule has 3 rings (SSSR count). The lowest BCUT2D eigenvalue weighted by atomic mass is 10.0. The highest BCUT2D eigenvalue weighted by atomic mass is 79.9. The summed E-state index contributed by atoms with van der Waals surface area (Å²) < 4.78 is 1.04. The summed E-state index contributed by atoms with van der Waals surface area (Å²) >= 11 is 3.42. The van der Waals surface area contributed by atoms with Crippen molar-refractivity contribution in [3.05, 3.63) is 75.8 Å². The molecule has 4 heteroatoms. The average molecular weight is 427 g/mol. The van der Waals surface area contributed by atoms with Gasteiger partial charge in [0, 0.05) is 43.3 Å². The van der Waals surface area contributed by atoms with E-state index in [1.165, 1.54) is 11.1 Å². The van der Waals surface area contributed by atoms with E-state index in [0.29, 0.717) is 5.92 Å². The van der Waals surface area contributed by atoms with Crippen LogP contribution in [-0.4, -0.2) is 41.9 Å². The molecule has 0 spiro atoms. The van der Waals surface area contributed by atoms with E-state index in [9.17, 15) is 4.79 Å². The number of hydrogen-bond donors (Lipinski definition) is 0. The summed E-state index contributed by atoms with van der Waals surface area (Å²) in [5.74, 6) is 0.665. The van der Waals surface area contributed by atoms with Gasteiger partial charge in [-0.3, -0.25) is 9.69 Å². The van der Waals surface area contributed by atoms with Crippen molar-refractivity contribution in [1.82, 2.24) is 9.80 Å². The van der Waals surface area contributed by atoms with Crippen LogP contribution in [-0.2, 0) is 11.3 Å². The van der Waals surface area contributed by atoms with Crippen molar-refractivity contribution >= 4 is 27.9 Å². The van der Waals surface area contributed by atoms with Gasteiger partial charge in [0.15, 0.2) is 0 Å². The Labute approximate surface area is 170 Å². The summed E-state index contributed by atoms with van der Waals surface area (Å²) in [6.45, 7) is 8.80. The van der Waals surface area contributed by atoms with E-state index in [0.717, 1.165) is 42.8 Å². The minimum Gasteiger partial charge on any atom is -0.337 e. The SMILES string of the molecule is CC(C)c1ccc(CN2CCN(C(=O)C=Cc3ccc(Br)cc3)CC2)cc1. The van der Waals surface area contributed by atoms with Gasteiger partial charge in [-0.15, -0.1) is 0 Å². The van der Waals surface area contributed by atoms with Crippen molar-refractivity contribution in [3.8, 4) is 0 Å². The monoisotopic (exact) mass is 426 g/mol. The zero-order valence-electron chi connectivity index (χ0n) is 16.1. The van der Waals surface area contributed by atoms with Crippen LogP contribution >= 0.6 is 15.9 Å². The van der Waals surface area contributed by atoms with E-state index in [1.807, 2.05) is 35.2 Å². The maximum Gasteiger partial charge on any atom is 0.246 e. The number of rotatable bonds is 5. The summed E-state index contributed by atoms with van der Waals surface area (Å²) in [5, 5.41) is 0. The molecule has 1 aliphatic heterocycles. The van der Waals surface area contributed by atoms with E-state index < -0.39 is 0 Å². The molecule has 0 atom stereocenters. The van der Waals surface area contributed by atoms with Gasteiger partial charge in [-0.25, -0.2) is 0 Å². The largest absolute Gasteiger partial charge is 0.337 e. The number of piperazine rings is 1. The minimum absolute atomic E-state index is 0.0962. The number of halogens is 1. The van der Waals surface area contributed by atoms with Gasteiger partial charge in [0.1, 0.15) is 0 Å². The second kappa shape index (κ2) is 9.34. The van der Waals surface area contributed by atoms with E-state index >= 15 is 0 Å². The van der Waals surface area contributed by atoms with Crippen LogP contribution in [0, 0.1) is 0 Å². The number of carbonyl (C=O) groups is 1. The summed E-state index contributed by atoms with van der Waals surface area (Å²) in [6, 6.07) is 16.9. The number of nitrogens with zero attached hydrogens (tertiary/aromatic N) is 2. The van der Waals surface area contributed by atoms with Crippen LogP contribution in [0.5, 0.6) is 0 Å². The molecule has 0 aromatic heterocycles. The summed E-state index contributed by atoms with van der Waals surface area (Å²) in [4.78, 5) is 16.8. The third-order valence-corrected chi connectivity index (χ3v) is 5.55. The maximum atomic E-state index is 12.4. The molecule has 1 heterocycles. The fraction of sp³-hybridized carbons (Fsp3) is 0.348. The van der Waals surface area contributed by atoms with Crippen molar-refractivity contribution in [1.29, 1.82) is 0 Å². The van der Waals surface area contributed by atoms with Crippen LogP contribution in [0.15, 0.2) is 59.1 Å². The highest BCUT2D eigenvalue weighted by Gasteiger charge is 2.19. The molecule has 3 nitrogen and oxygen atoms in total. The lowest BCUT2D eigenvalue weighted by Crippen LogP contribution is -2.47. The van der Waals surface area contributed by atoms with Crippen molar-refractivity contribution in [2.75, 3.05) is 26.2 Å². The van der Waals surface area contributed by atoms with Crippen LogP contribution in [0.25, 0.3) is 6.08 Å². The van der Waals surface area contributed by atoms with Gasteiger partial charge >= 0.3 is 0 Å². The molecule has 1 saturated heterocycles. The smallest absolute Gasteiger partial charge is 0.246 e. The maximum absolute atomic E-state index is 12.4. The number of amides is 1. The fourth-order valence-electron chi connectivity index (χ4n) is 3.24. The minimum atomic E-state index is 0.0962. The molecule has 2 aromatic carbocycles. The number of hydrogen-bond acceptors (Lipinski definition) is 2. The Morgan fingerprint density at radius 3 is 2.22 bits per heavy atom. The second-order valence-electron chi connectivity index (χ2n) is 7.38. The molecule has 0 bridgehead atoms. The lowest BCUT2D eigenvalue weighted by molar-refractivity contribution is -0.127. The van der Waals surface area contributed by atoms with Gasteiger partial charge in [0.05, 0.1) is 0 Å². The van der Waals surface area contributed by atoms with Crippen LogP contribution in [0.3, 0.4) is 0 Å². The Morgan fingerprint density at radius 2 is 1.63 bits per heavy atom. The first kappa shape index (κ1) is 19.8.